The van der Waals surface area contributed by atoms with Crippen molar-refractivity contribution in [1.82, 2.24) is 15.5 Å². The molecular formula is C19H26ClN3O3. The lowest BCUT2D eigenvalue weighted by Gasteiger charge is -2.25. The highest BCUT2D eigenvalue weighted by molar-refractivity contribution is 6.30. The van der Waals surface area contributed by atoms with Gasteiger partial charge < -0.3 is 10.6 Å². The zero-order valence-electron chi connectivity index (χ0n) is 15.6. The Morgan fingerprint density at radius 1 is 1.19 bits per heavy atom. The maximum absolute atomic E-state index is 12.6. The van der Waals surface area contributed by atoms with E-state index in [9.17, 15) is 14.4 Å². The lowest BCUT2D eigenvalue weighted by atomic mass is 9.93. The van der Waals surface area contributed by atoms with Gasteiger partial charge in [-0.15, -0.1) is 0 Å². The summed E-state index contributed by atoms with van der Waals surface area (Å²) >= 11 is 5.93. The van der Waals surface area contributed by atoms with E-state index in [2.05, 4.69) is 10.6 Å². The Morgan fingerprint density at radius 3 is 2.23 bits per heavy atom. The maximum Gasteiger partial charge on any atom is 0.325 e. The van der Waals surface area contributed by atoms with Crippen LogP contribution in [0.5, 0.6) is 0 Å². The Labute approximate surface area is 159 Å². The first kappa shape index (κ1) is 20.2. The van der Waals surface area contributed by atoms with Crippen molar-refractivity contribution in [2.24, 2.45) is 5.92 Å². The fraction of sp³-hybridized carbons (Fsp3) is 0.526. The van der Waals surface area contributed by atoms with Crippen LogP contribution in [0.3, 0.4) is 0 Å². The highest BCUT2D eigenvalue weighted by Crippen LogP contribution is 2.26. The van der Waals surface area contributed by atoms with E-state index in [0.717, 1.165) is 10.5 Å². The molecular weight excluding hydrogens is 354 g/mol. The molecule has 1 aromatic rings. The van der Waals surface area contributed by atoms with Gasteiger partial charge >= 0.3 is 6.03 Å². The Balaban J connectivity index is 2.10. The number of hydrogen-bond donors (Lipinski definition) is 2. The third kappa shape index (κ3) is 4.01. The summed E-state index contributed by atoms with van der Waals surface area (Å²) in [7, 11) is 0. The quantitative estimate of drug-likeness (QED) is 0.713. The molecule has 1 heterocycles. The number of hydrogen-bond acceptors (Lipinski definition) is 3. The normalized spacial score (nSPS) is 17.4. The number of amides is 4. The van der Waals surface area contributed by atoms with Crippen LogP contribution in [0.1, 0.15) is 52.1 Å². The molecule has 1 atom stereocenters. The summed E-state index contributed by atoms with van der Waals surface area (Å²) < 4.78 is 0. The number of carbonyl (C=O) groups is 3. The fourth-order valence-corrected chi connectivity index (χ4v) is 3.34. The Bertz CT molecular complexity index is 684. The summed E-state index contributed by atoms with van der Waals surface area (Å²) in [6, 6.07) is 6.52. The lowest BCUT2D eigenvalue weighted by Crippen LogP contribution is -2.47. The van der Waals surface area contributed by atoms with E-state index in [1.165, 1.54) is 0 Å². The molecule has 2 N–H and O–H groups in total. The number of nitrogens with one attached hydrogen (secondary N) is 2. The molecule has 0 bridgehead atoms. The standard InChI is InChI=1S/C19H26ClN3O3/c1-5-19(6-2)17(25)23(18(26)22-19)11-15(24)21-16(12(3)4)13-7-9-14(20)10-8-13/h7-10,12,16H,5-6,11H2,1-4H3,(H,21,24)(H,22,26). The number of halogens is 1. The van der Waals surface area contributed by atoms with Crippen molar-refractivity contribution in [2.45, 2.75) is 52.1 Å². The topological polar surface area (TPSA) is 78.5 Å². The molecule has 0 radical (unpaired) electrons. The molecule has 1 unspecified atom stereocenters. The molecule has 0 aromatic heterocycles. The molecule has 2 rings (SSSR count). The molecule has 0 saturated carbocycles. The summed E-state index contributed by atoms with van der Waals surface area (Å²) in [6.07, 6.45) is 0.983. The highest BCUT2D eigenvalue weighted by Gasteiger charge is 2.49. The van der Waals surface area contributed by atoms with Crippen LogP contribution in [-0.2, 0) is 9.59 Å². The molecule has 1 aromatic carbocycles. The number of benzene rings is 1. The van der Waals surface area contributed by atoms with Crippen LogP contribution < -0.4 is 10.6 Å². The van der Waals surface area contributed by atoms with E-state index in [1.54, 1.807) is 12.1 Å². The van der Waals surface area contributed by atoms with Gasteiger partial charge in [-0.2, -0.15) is 0 Å². The van der Waals surface area contributed by atoms with Crippen molar-refractivity contribution < 1.29 is 14.4 Å². The Morgan fingerprint density at radius 2 is 1.77 bits per heavy atom. The monoisotopic (exact) mass is 379 g/mol. The second kappa shape index (κ2) is 8.08. The van der Waals surface area contributed by atoms with E-state index in [1.807, 2.05) is 39.8 Å². The van der Waals surface area contributed by atoms with Gasteiger partial charge in [-0.3, -0.25) is 14.5 Å². The van der Waals surface area contributed by atoms with Gasteiger partial charge in [0.1, 0.15) is 12.1 Å². The lowest BCUT2D eigenvalue weighted by molar-refractivity contribution is -0.135. The number of urea groups is 1. The summed E-state index contributed by atoms with van der Waals surface area (Å²) in [4.78, 5) is 38.3. The van der Waals surface area contributed by atoms with Gasteiger partial charge in [0.05, 0.1) is 6.04 Å². The number of rotatable bonds is 7. The van der Waals surface area contributed by atoms with E-state index >= 15 is 0 Å². The minimum Gasteiger partial charge on any atom is -0.347 e. The minimum absolute atomic E-state index is 0.133. The summed E-state index contributed by atoms with van der Waals surface area (Å²) in [5.74, 6) is -0.575. The average molecular weight is 380 g/mol. The van der Waals surface area contributed by atoms with Crippen molar-refractivity contribution >= 4 is 29.4 Å². The zero-order chi connectivity index (χ0) is 19.5. The van der Waals surface area contributed by atoms with Crippen LogP contribution in [0.15, 0.2) is 24.3 Å². The van der Waals surface area contributed by atoms with E-state index in [-0.39, 0.29) is 30.3 Å². The number of imide groups is 1. The van der Waals surface area contributed by atoms with Gasteiger partial charge in [-0.1, -0.05) is 51.4 Å². The van der Waals surface area contributed by atoms with Crippen molar-refractivity contribution in [3.05, 3.63) is 34.9 Å². The van der Waals surface area contributed by atoms with Crippen LogP contribution in [0, 0.1) is 5.92 Å². The Hall–Kier alpha value is -2.08. The van der Waals surface area contributed by atoms with Crippen molar-refractivity contribution in [2.75, 3.05) is 6.54 Å². The molecule has 26 heavy (non-hydrogen) atoms. The molecule has 6 nitrogen and oxygen atoms in total. The second-order valence-electron chi connectivity index (χ2n) is 6.95. The molecule has 142 valence electrons. The molecule has 1 aliphatic rings. The predicted molar refractivity (Wildman–Crippen MR) is 101 cm³/mol. The first-order valence-corrected chi connectivity index (χ1v) is 9.30. The van der Waals surface area contributed by atoms with E-state index < -0.39 is 11.6 Å². The minimum atomic E-state index is -0.898. The zero-order valence-corrected chi connectivity index (χ0v) is 16.4. The van der Waals surface area contributed by atoms with Gasteiger partial charge in [0.15, 0.2) is 0 Å². The molecule has 7 heteroatoms. The van der Waals surface area contributed by atoms with Crippen molar-refractivity contribution in [1.29, 1.82) is 0 Å². The maximum atomic E-state index is 12.6. The van der Waals surface area contributed by atoms with E-state index in [0.29, 0.717) is 17.9 Å². The van der Waals surface area contributed by atoms with Crippen LogP contribution in [0.2, 0.25) is 5.02 Å². The summed E-state index contributed by atoms with van der Waals surface area (Å²) in [6.45, 7) is 7.39. The molecule has 1 aliphatic heterocycles. The van der Waals surface area contributed by atoms with Crippen molar-refractivity contribution in [3.63, 3.8) is 0 Å². The summed E-state index contributed by atoms with van der Waals surface area (Å²) in [5, 5.41) is 6.28. The smallest absolute Gasteiger partial charge is 0.325 e. The van der Waals surface area contributed by atoms with Crippen LogP contribution >= 0.6 is 11.6 Å². The van der Waals surface area contributed by atoms with Crippen LogP contribution in [0.25, 0.3) is 0 Å². The first-order valence-electron chi connectivity index (χ1n) is 8.93. The van der Waals surface area contributed by atoms with Gasteiger partial charge in [-0.25, -0.2) is 4.79 Å². The fourth-order valence-electron chi connectivity index (χ4n) is 3.22. The molecule has 1 saturated heterocycles. The molecule has 0 aliphatic carbocycles. The average Bonchev–Trinajstić information content (AvgIpc) is 2.85. The van der Waals surface area contributed by atoms with Gasteiger partial charge in [0, 0.05) is 5.02 Å². The van der Waals surface area contributed by atoms with Gasteiger partial charge in [0.2, 0.25) is 5.91 Å². The van der Waals surface area contributed by atoms with Crippen LogP contribution in [-0.4, -0.2) is 34.8 Å². The Kier molecular flexibility index (Phi) is 6.29. The summed E-state index contributed by atoms with van der Waals surface area (Å²) in [5.41, 5.74) is 0.0248. The SMILES string of the molecule is CCC1(CC)NC(=O)N(CC(=O)NC(c2ccc(Cl)cc2)C(C)C)C1=O. The van der Waals surface area contributed by atoms with Gasteiger partial charge in [-0.05, 0) is 36.5 Å². The number of carbonyl (C=O) groups excluding carboxylic acids is 3. The molecule has 1 fully saturated rings. The molecule has 4 amide bonds. The third-order valence-corrected chi connectivity index (χ3v) is 5.22. The third-order valence-electron chi connectivity index (χ3n) is 4.97. The second-order valence-corrected chi connectivity index (χ2v) is 7.39. The molecule has 0 spiro atoms. The first-order chi connectivity index (χ1) is 12.2. The van der Waals surface area contributed by atoms with Crippen LogP contribution in [0.4, 0.5) is 4.79 Å². The van der Waals surface area contributed by atoms with Gasteiger partial charge in [0.25, 0.3) is 5.91 Å². The number of nitrogens with zero attached hydrogens (tertiary/aromatic N) is 1. The van der Waals surface area contributed by atoms with E-state index in [4.69, 9.17) is 11.6 Å². The predicted octanol–water partition coefficient (Wildman–Crippen LogP) is 3.26. The highest BCUT2D eigenvalue weighted by atomic mass is 35.5. The van der Waals surface area contributed by atoms with Crippen molar-refractivity contribution in [3.8, 4) is 0 Å². The largest absolute Gasteiger partial charge is 0.347 e.